The van der Waals surface area contributed by atoms with Crippen molar-refractivity contribution in [2.75, 3.05) is 11.1 Å². The van der Waals surface area contributed by atoms with Crippen molar-refractivity contribution < 1.29 is 9.18 Å². The molecule has 0 fully saturated rings. The average Bonchev–Trinajstić information content (AvgIpc) is 2.43. The first kappa shape index (κ1) is 15.4. The van der Waals surface area contributed by atoms with Crippen molar-refractivity contribution in [3.05, 3.63) is 46.2 Å². The van der Waals surface area contributed by atoms with Crippen LogP contribution >= 0.6 is 15.9 Å². The van der Waals surface area contributed by atoms with Gasteiger partial charge in [0.15, 0.2) is 5.69 Å². The first-order valence-corrected chi connectivity index (χ1v) is 7.06. The van der Waals surface area contributed by atoms with E-state index in [-0.39, 0.29) is 21.8 Å². The molecule has 1 aromatic carbocycles. The highest BCUT2D eigenvalue weighted by Gasteiger charge is 2.15. The van der Waals surface area contributed by atoms with Gasteiger partial charge in [0, 0.05) is 11.6 Å². The van der Waals surface area contributed by atoms with Gasteiger partial charge in [-0.05, 0) is 34.1 Å². The molecule has 3 N–H and O–H groups in total. The third-order valence-electron chi connectivity index (χ3n) is 2.74. The van der Waals surface area contributed by atoms with Crippen molar-refractivity contribution in [2.24, 2.45) is 0 Å². The Kier molecular flexibility index (Phi) is 4.52. The number of nitrogens with zero attached hydrogens (tertiary/aromatic N) is 2. The molecule has 0 radical (unpaired) electrons. The van der Waals surface area contributed by atoms with E-state index in [4.69, 9.17) is 5.73 Å². The molecule has 1 amide bonds. The quantitative estimate of drug-likeness (QED) is 0.887. The molecule has 0 saturated heterocycles. The van der Waals surface area contributed by atoms with Crippen molar-refractivity contribution >= 4 is 33.2 Å². The molecule has 110 valence electrons. The van der Waals surface area contributed by atoms with E-state index in [1.807, 2.05) is 13.8 Å². The topological polar surface area (TPSA) is 80.9 Å². The van der Waals surface area contributed by atoms with Crippen LogP contribution in [-0.4, -0.2) is 15.9 Å². The zero-order valence-electron chi connectivity index (χ0n) is 11.5. The van der Waals surface area contributed by atoms with Gasteiger partial charge in [-0.25, -0.2) is 14.4 Å². The van der Waals surface area contributed by atoms with Crippen LogP contribution in [0, 0.1) is 5.82 Å². The molecular formula is C14H14BrFN4O. The SMILES string of the molecule is CC(C)c1ncc(N)c(C(=O)Nc2ccc(F)c(Br)c2)n1. The molecule has 0 aliphatic rings. The maximum Gasteiger partial charge on any atom is 0.276 e. The van der Waals surface area contributed by atoms with Crippen LogP contribution in [0.15, 0.2) is 28.9 Å². The van der Waals surface area contributed by atoms with E-state index >= 15 is 0 Å². The molecule has 0 saturated carbocycles. The summed E-state index contributed by atoms with van der Waals surface area (Å²) in [5, 5.41) is 2.63. The number of carbonyl (C=O) groups is 1. The molecule has 1 heterocycles. The number of benzene rings is 1. The minimum atomic E-state index is -0.463. The summed E-state index contributed by atoms with van der Waals surface area (Å²) < 4.78 is 13.4. The van der Waals surface area contributed by atoms with Gasteiger partial charge in [0.2, 0.25) is 0 Å². The molecule has 1 aromatic heterocycles. The van der Waals surface area contributed by atoms with Crippen LogP contribution in [0.4, 0.5) is 15.8 Å². The molecule has 0 aliphatic carbocycles. The van der Waals surface area contributed by atoms with Gasteiger partial charge in [0.25, 0.3) is 5.91 Å². The Hall–Kier alpha value is -2.02. The van der Waals surface area contributed by atoms with E-state index in [0.29, 0.717) is 11.5 Å². The second-order valence-electron chi connectivity index (χ2n) is 4.77. The molecule has 2 aromatic rings. The third-order valence-corrected chi connectivity index (χ3v) is 3.35. The summed E-state index contributed by atoms with van der Waals surface area (Å²) in [6.07, 6.45) is 1.41. The number of amides is 1. The van der Waals surface area contributed by atoms with Crippen LogP contribution in [0.1, 0.15) is 36.1 Å². The lowest BCUT2D eigenvalue weighted by Gasteiger charge is -2.10. The second kappa shape index (κ2) is 6.17. The summed E-state index contributed by atoms with van der Waals surface area (Å²) in [4.78, 5) is 20.5. The summed E-state index contributed by atoms with van der Waals surface area (Å²) in [6.45, 7) is 3.84. The van der Waals surface area contributed by atoms with Crippen LogP contribution in [-0.2, 0) is 0 Å². The fourth-order valence-electron chi connectivity index (χ4n) is 1.63. The number of rotatable bonds is 3. The number of carbonyl (C=O) groups excluding carboxylic acids is 1. The molecule has 21 heavy (non-hydrogen) atoms. The van der Waals surface area contributed by atoms with Crippen molar-refractivity contribution in [3.8, 4) is 0 Å². The van der Waals surface area contributed by atoms with Gasteiger partial charge in [0.05, 0.1) is 16.4 Å². The van der Waals surface area contributed by atoms with Crippen molar-refractivity contribution in [3.63, 3.8) is 0 Å². The van der Waals surface area contributed by atoms with Crippen LogP contribution in [0.2, 0.25) is 0 Å². The summed E-state index contributed by atoms with van der Waals surface area (Å²) in [7, 11) is 0. The zero-order chi connectivity index (χ0) is 15.6. The number of nitrogen functional groups attached to an aromatic ring is 1. The number of hydrogen-bond acceptors (Lipinski definition) is 4. The predicted molar refractivity (Wildman–Crippen MR) is 82.6 cm³/mol. The van der Waals surface area contributed by atoms with Crippen molar-refractivity contribution in [2.45, 2.75) is 19.8 Å². The van der Waals surface area contributed by atoms with Gasteiger partial charge in [-0.15, -0.1) is 0 Å². The minimum absolute atomic E-state index is 0.0807. The molecule has 0 unspecified atom stereocenters. The normalized spacial score (nSPS) is 10.7. The molecule has 0 spiro atoms. The van der Waals surface area contributed by atoms with Crippen molar-refractivity contribution in [1.82, 2.24) is 9.97 Å². The molecule has 0 atom stereocenters. The summed E-state index contributed by atoms with van der Waals surface area (Å²) in [6, 6.07) is 4.18. The Bertz CT molecular complexity index is 691. The Balaban J connectivity index is 2.27. The van der Waals surface area contributed by atoms with Crippen LogP contribution < -0.4 is 11.1 Å². The maximum absolute atomic E-state index is 13.2. The molecule has 0 bridgehead atoms. The van der Waals surface area contributed by atoms with Gasteiger partial charge < -0.3 is 11.1 Å². The number of halogens is 2. The summed E-state index contributed by atoms with van der Waals surface area (Å²) in [5.74, 6) is -0.251. The molecule has 7 heteroatoms. The van der Waals surface area contributed by atoms with E-state index < -0.39 is 11.7 Å². The highest BCUT2D eigenvalue weighted by Crippen LogP contribution is 2.21. The van der Waals surface area contributed by atoms with Crippen LogP contribution in [0.5, 0.6) is 0 Å². The van der Waals surface area contributed by atoms with Gasteiger partial charge >= 0.3 is 0 Å². The van der Waals surface area contributed by atoms with E-state index in [1.54, 1.807) is 0 Å². The predicted octanol–water partition coefficient (Wildman–Crippen LogP) is 3.34. The van der Waals surface area contributed by atoms with E-state index in [2.05, 4.69) is 31.2 Å². The Morgan fingerprint density at radius 2 is 2.14 bits per heavy atom. The Morgan fingerprint density at radius 1 is 1.43 bits per heavy atom. The average molecular weight is 353 g/mol. The van der Waals surface area contributed by atoms with E-state index in [9.17, 15) is 9.18 Å². The number of nitrogens with one attached hydrogen (secondary N) is 1. The largest absolute Gasteiger partial charge is 0.396 e. The Labute approximate surface area is 129 Å². The lowest BCUT2D eigenvalue weighted by Crippen LogP contribution is -2.18. The number of nitrogens with two attached hydrogens (primary N) is 1. The Morgan fingerprint density at radius 3 is 2.76 bits per heavy atom. The highest BCUT2D eigenvalue weighted by molar-refractivity contribution is 9.10. The molecule has 2 rings (SSSR count). The number of aromatic nitrogens is 2. The monoisotopic (exact) mass is 352 g/mol. The third kappa shape index (κ3) is 3.55. The summed E-state index contributed by atoms with van der Waals surface area (Å²) >= 11 is 3.06. The highest BCUT2D eigenvalue weighted by atomic mass is 79.9. The van der Waals surface area contributed by atoms with E-state index in [1.165, 1.54) is 24.4 Å². The number of hydrogen-bond donors (Lipinski definition) is 2. The zero-order valence-corrected chi connectivity index (χ0v) is 13.1. The molecule has 0 aliphatic heterocycles. The number of anilines is 2. The van der Waals surface area contributed by atoms with E-state index in [0.717, 1.165) is 0 Å². The van der Waals surface area contributed by atoms with Gasteiger partial charge in [-0.3, -0.25) is 4.79 Å². The van der Waals surface area contributed by atoms with Crippen LogP contribution in [0.3, 0.4) is 0 Å². The molecular weight excluding hydrogens is 339 g/mol. The fraction of sp³-hybridized carbons (Fsp3) is 0.214. The summed E-state index contributed by atoms with van der Waals surface area (Å²) in [5.41, 5.74) is 6.48. The van der Waals surface area contributed by atoms with Gasteiger partial charge in [-0.2, -0.15) is 0 Å². The second-order valence-corrected chi connectivity index (χ2v) is 5.62. The lowest BCUT2D eigenvalue weighted by atomic mass is 10.2. The first-order chi connectivity index (χ1) is 9.88. The fourth-order valence-corrected chi connectivity index (χ4v) is 2.01. The molecule has 5 nitrogen and oxygen atoms in total. The van der Waals surface area contributed by atoms with Gasteiger partial charge in [0.1, 0.15) is 11.6 Å². The standard InChI is InChI=1S/C14H14BrFN4O/c1-7(2)13-18-6-11(17)12(20-13)14(21)19-8-3-4-10(16)9(15)5-8/h3-7H,17H2,1-2H3,(H,19,21). The van der Waals surface area contributed by atoms with Crippen LogP contribution in [0.25, 0.3) is 0 Å². The maximum atomic E-state index is 13.2. The first-order valence-electron chi connectivity index (χ1n) is 6.27. The lowest BCUT2D eigenvalue weighted by molar-refractivity contribution is 0.102. The smallest absolute Gasteiger partial charge is 0.276 e. The van der Waals surface area contributed by atoms with Gasteiger partial charge in [-0.1, -0.05) is 13.8 Å². The minimum Gasteiger partial charge on any atom is -0.396 e. The van der Waals surface area contributed by atoms with Crippen molar-refractivity contribution in [1.29, 1.82) is 0 Å².